The fourth-order valence-corrected chi connectivity index (χ4v) is 2.30. The number of rotatable bonds is 6. The van der Waals surface area contributed by atoms with Crippen molar-refractivity contribution >= 4 is 12.4 Å². The predicted molar refractivity (Wildman–Crippen MR) is 82.7 cm³/mol. The molecule has 1 unspecified atom stereocenters. The van der Waals surface area contributed by atoms with E-state index in [1.807, 2.05) is 12.4 Å². The van der Waals surface area contributed by atoms with E-state index in [1.165, 1.54) is 17.5 Å². The third kappa shape index (κ3) is 4.66. The number of nitrogens with zero attached hydrogens (tertiary/aromatic N) is 1. The summed E-state index contributed by atoms with van der Waals surface area (Å²) < 4.78 is 0. The molecule has 0 saturated carbocycles. The first kappa shape index (κ1) is 15.7. The molecule has 0 saturated heterocycles. The minimum absolute atomic E-state index is 0. The number of hydrogen-bond donors (Lipinski definition) is 1. The third-order valence-electron chi connectivity index (χ3n) is 3.26. The fourth-order valence-electron chi connectivity index (χ4n) is 2.30. The molecule has 0 radical (unpaired) electrons. The van der Waals surface area contributed by atoms with E-state index >= 15 is 0 Å². The third-order valence-corrected chi connectivity index (χ3v) is 3.26. The summed E-state index contributed by atoms with van der Waals surface area (Å²) in [7, 11) is 0. The first-order valence-electron chi connectivity index (χ1n) is 6.56. The van der Waals surface area contributed by atoms with Gasteiger partial charge in [0.2, 0.25) is 0 Å². The highest BCUT2D eigenvalue weighted by molar-refractivity contribution is 5.85. The zero-order valence-corrected chi connectivity index (χ0v) is 11.9. The lowest BCUT2D eigenvalue weighted by Gasteiger charge is -2.17. The van der Waals surface area contributed by atoms with Gasteiger partial charge in [-0.05, 0) is 42.6 Å². The standard InChI is InChI=1S/C16H20N2.ClH/c17-11-5-4-8-16(14-6-2-1-3-7-14)15-9-12-18-13-10-15;/h1-3,6-7,9-10,12-13,16H,4-5,8,11,17H2;1H. The van der Waals surface area contributed by atoms with Gasteiger partial charge in [0.15, 0.2) is 0 Å². The van der Waals surface area contributed by atoms with Gasteiger partial charge < -0.3 is 5.73 Å². The minimum Gasteiger partial charge on any atom is -0.330 e. The molecule has 1 heterocycles. The summed E-state index contributed by atoms with van der Waals surface area (Å²) in [6.07, 6.45) is 7.14. The molecule has 0 aliphatic carbocycles. The monoisotopic (exact) mass is 276 g/mol. The molecule has 0 aliphatic rings. The molecule has 0 spiro atoms. The van der Waals surface area contributed by atoms with Gasteiger partial charge in [-0.25, -0.2) is 0 Å². The Kier molecular flexibility index (Phi) is 7.16. The maximum atomic E-state index is 5.58. The molecule has 1 aromatic heterocycles. The van der Waals surface area contributed by atoms with Gasteiger partial charge in [0, 0.05) is 18.3 Å². The summed E-state index contributed by atoms with van der Waals surface area (Å²) in [5.74, 6) is 0.459. The summed E-state index contributed by atoms with van der Waals surface area (Å²) >= 11 is 0. The summed E-state index contributed by atoms with van der Waals surface area (Å²) in [4.78, 5) is 4.10. The Hall–Kier alpha value is -1.38. The molecule has 0 bridgehead atoms. The van der Waals surface area contributed by atoms with Crippen LogP contribution < -0.4 is 5.73 Å². The average Bonchev–Trinajstić information content (AvgIpc) is 2.46. The molecule has 0 aliphatic heterocycles. The lowest BCUT2D eigenvalue weighted by atomic mass is 9.87. The largest absolute Gasteiger partial charge is 0.330 e. The van der Waals surface area contributed by atoms with Gasteiger partial charge >= 0.3 is 0 Å². The van der Waals surface area contributed by atoms with Gasteiger partial charge in [0.05, 0.1) is 0 Å². The Morgan fingerprint density at radius 2 is 1.53 bits per heavy atom. The lowest BCUT2D eigenvalue weighted by molar-refractivity contribution is 0.631. The highest BCUT2D eigenvalue weighted by Gasteiger charge is 2.12. The molecular weight excluding hydrogens is 256 g/mol. The fraction of sp³-hybridized carbons (Fsp3) is 0.312. The predicted octanol–water partition coefficient (Wildman–Crippen LogP) is 3.76. The van der Waals surface area contributed by atoms with Crippen LogP contribution in [0.3, 0.4) is 0 Å². The van der Waals surface area contributed by atoms with Crippen molar-refractivity contribution in [1.82, 2.24) is 4.98 Å². The highest BCUT2D eigenvalue weighted by Crippen LogP contribution is 2.29. The maximum Gasteiger partial charge on any atom is 0.0270 e. The summed E-state index contributed by atoms with van der Waals surface area (Å²) in [5, 5.41) is 0. The summed E-state index contributed by atoms with van der Waals surface area (Å²) in [6, 6.07) is 14.9. The maximum absolute atomic E-state index is 5.58. The Labute approximate surface area is 121 Å². The van der Waals surface area contributed by atoms with Crippen molar-refractivity contribution in [3.63, 3.8) is 0 Å². The van der Waals surface area contributed by atoms with Crippen LogP contribution in [0.25, 0.3) is 0 Å². The van der Waals surface area contributed by atoms with Crippen LogP contribution >= 0.6 is 12.4 Å². The van der Waals surface area contributed by atoms with Crippen LogP contribution in [0, 0.1) is 0 Å². The van der Waals surface area contributed by atoms with Crippen LogP contribution in [0.4, 0.5) is 0 Å². The molecule has 102 valence electrons. The van der Waals surface area contributed by atoms with Crippen molar-refractivity contribution in [3.8, 4) is 0 Å². The van der Waals surface area contributed by atoms with Crippen molar-refractivity contribution in [2.75, 3.05) is 6.54 Å². The van der Waals surface area contributed by atoms with Crippen molar-refractivity contribution in [3.05, 3.63) is 66.0 Å². The van der Waals surface area contributed by atoms with E-state index in [9.17, 15) is 0 Å². The van der Waals surface area contributed by atoms with E-state index in [2.05, 4.69) is 47.4 Å². The van der Waals surface area contributed by atoms with Gasteiger partial charge in [-0.3, -0.25) is 4.98 Å². The molecule has 2 nitrogen and oxygen atoms in total. The second kappa shape index (κ2) is 8.68. The van der Waals surface area contributed by atoms with Crippen LogP contribution in [0.2, 0.25) is 0 Å². The number of unbranched alkanes of at least 4 members (excludes halogenated alkanes) is 1. The van der Waals surface area contributed by atoms with Crippen molar-refractivity contribution in [1.29, 1.82) is 0 Å². The normalized spacial score (nSPS) is 11.6. The van der Waals surface area contributed by atoms with Gasteiger partial charge in [-0.2, -0.15) is 0 Å². The number of aromatic nitrogens is 1. The van der Waals surface area contributed by atoms with Crippen molar-refractivity contribution in [2.24, 2.45) is 5.73 Å². The second-order valence-corrected chi connectivity index (χ2v) is 4.53. The Bertz CT molecular complexity index is 405. The van der Waals surface area contributed by atoms with Gasteiger partial charge in [0.25, 0.3) is 0 Å². The molecule has 19 heavy (non-hydrogen) atoms. The molecule has 1 atom stereocenters. The van der Waals surface area contributed by atoms with Crippen molar-refractivity contribution in [2.45, 2.75) is 25.2 Å². The Balaban J connectivity index is 0.00000180. The second-order valence-electron chi connectivity index (χ2n) is 4.53. The zero-order valence-electron chi connectivity index (χ0n) is 11.0. The smallest absolute Gasteiger partial charge is 0.0270 e. The van der Waals surface area contributed by atoms with Crippen LogP contribution in [0.15, 0.2) is 54.9 Å². The molecule has 1 aromatic carbocycles. The number of hydrogen-bond acceptors (Lipinski definition) is 2. The van der Waals surface area contributed by atoms with Crippen molar-refractivity contribution < 1.29 is 0 Å². The van der Waals surface area contributed by atoms with E-state index in [1.54, 1.807) is 0 Å². The Morgan fingerprint density at radius 1 is 0.895 bits per heavy atom. The summed E-state index contributed by atoms with van der Waals surface area (Å²) in [6.45, 7) is 0.776. The van der Waals surface area contributed by atoms with E-state index < -0.39 is 0 Å². The van der Waals surface area contributed by atoms with Crippen LogP contribution in [0.5, 0.6) is 0 Å². The zero-order chi connectivity index (χ0) is 12.6. The quantitative estimate of drug-likeness (QED) is 0.816. The van der Waals surface area contributed by atoms with E-state index in [0.717, 1.165) is 19.4 Å². The van der Waals surface area contributed by atoms with E-state index in [0.29, 0.717) is 5.92 Å². The summed E-state index contributed by atoms with van der Waals surface area (Å²) in [5.41, 5.74) is 8.30. The van der Waals surface area contributed by atoms with Gasteiger partial charge in [-0.15, -0.1) is 12.4 Å². The van der Waals surface area contributed by atoms with E-state index in [-0.39, 0.29) is 12.4 Å². The molecule has 2 rings (SSSR count). The van der Waals surface area contributed by atoms with Gasteiger partial charge in [0.1, 0.15) is 0 Å². The SMILES string of the molecule is Cl.NCCCCC(c1ccccc1)c1ccncc1. The molecule has 2 aromatic rings. The van der Waals surface area contributed by atoms with Crippen LogP contribution in [-0.2, 0) is 0 Å². The molecule has 2 N–H and O–H groups in total. The lowest BCUT2D eigenvalue weighted by Crippen LogP contribution is -2.04. The van der Waals surface area contributed by atoms with Crippen LogP contribution in [-0.4, -0.2) is 11.5 Å². The molecule has 3 heteroatoms. The topological polar surface area (TPSA) is 38.9 Å². The minimum atomic E-state index is 0. The van der Waals surface area contributed by atoms with Gasteiger partial charge in [-0.1, -0.05) is 36.8 Å². The first-order chi connectivity index (χ1) is 8.92. The number of nitrogens with two attached hydrogens (primary N) is 1. The molecular formula is C16H21ClN2. The Morgan fingerprint density at radius 3 is 2.16 bits per heavy atom. The highest BCUT2D eigenvalue weighted by atomic mass is 35.5. The molecule has 0 amide bonds. The van der Waals surface area contributed by atoms with Crippen LogP contribution in [0.1, 0.15) is 36.3 Å². The number of pyridine rings is 1. The first-order valence-corrected chi connectivity index (χ1v) is 6.56. The van der Waals surface area contributed by atoms with E-state index in [4.69, 9.17) is 5.73 Å². The molecule has 0 fully saturated rings. The number of benzene rings is 1. The number of halogens is 1. The average molecular weight is 277 g/mol.